The van der Waals surface area contributed by atoms with Crippen molar-refractivity contribution in [1.29, 1.82) is 0 Å². The standard InChI is InChI=1S/C17H27NO3/c1-2-3-4-5-12-21-16-8-6-15(7-9-16)10-11-17(18,13-19)14-20/h2,6-9,19-20H,1,3-5,10-14,18H2. The third-order valence-corrected chi connectivity index (χ3v) is 3.54. The van der Waals surface area contributed by atoms with E-state index in [0.717, 1.165) is 37.0 Å². The van der Waals surface area contributed by atoms with Crippen LogP contribution in [0.3, 0.4) is 0 Å². The topological polar surface area (TPSA) is 75.7 Å². The number of aryl methyl sites for hydroxylation is 1. The Morgan fingerprint density at radius 1 is 1.14 bits per heavy atom. The Balaban J connectivity index is 2.34. The van der Waals surface area contributed by atoms with Gasteiger partial charge in [0.05, 0.1) is 25.4 Å². The molecule has 0 spiro atoms. The third-order valence-electron chi connectivity index (χ3n) is 3.54. The van der Waals surface area contributed by atoms with Crippen molar-refractivity contribution in [2.24, 2.45) is 5.73 Å². The SMILES string of the molecule is C=CCCCCOc1ccc(CCC(N)(CO)CO)cc1. The average molecular weight is 293 g/mol. The van der Waals surface area contributed by atoms with E-state index in [1.54, 1.807) is 0 Å². The van der Waals surface area contributed by atoms with Gasteiger partial charge in [-0.3, -0.25) is 0 Å². The van der Waals surface area contributed by atoms with Gasteiger partial charge in [-0.25, -0.2) is 0 Å². The summed E-state index contributed by atoms with van der Waals surface area (Å²) >= 11 is 0. The molecule has 0 amide bonds. The van der Waals surface area contributed by atoms with E-state index in [4.69, 9.17) is 20.7 Å². The summed E-state index contributed by atoms with van der Waals surface area (Å²) in [5.74, 6) is 0.862. The molecule has 4 N–H and O–H groups in total. The molecule has 1 rings (SSSR count). The van der Waals surface area contributed by atoms with Crippen LogP contribution in [0.2, 0.25) is 0 Å². The van der Waals surface area contributed by atoms with Crippen LogP contribution in [0, 0.1) is 0 Å². The Labute approximate surface area is 127 Å². The van der Waals surface area contributed by atoms with Crippen molar-refractivity contribution < 1.29 is 14.9 Å². The van der Waals surface area contributed by atoms with Crippen molar-refractivity contribution >= 4 is 0 Å². The first-order valence-electron chi connectivity index (χ1n) is 7.47. The highest BCUT2D eigenvalue weighted by Gasteiger charge is 2.22. The smallest absolute Gasteiger partial charge is 0.119 e. The number of unbranched alkanes of at least 4 members (excludes halogenated alkanes) is 2. The summed E-state index contributed by atoms with van der Waals surface area (Å²) in [4.78, 5) is 0. The first kappa shape index (κ1) is 17.7. The molecule has 0 aliphatic rings. The molecular weight excluding hydrogens is 266 g/mol. The number of benzene rings is 1. The number of allylic oxidation sites excluding steroid dienone is 1. The molecule has 0 aliphatic heterocycles. The van der Waals surface area contributed by atoms with E-state index in [9.17, 15) is 0 Å². The van der Waals surface area contributed by atoms with E-state index >= 15 is 0 Å². The van der Waals surface area contributed by atoms with E-state index in [1.165, 1.54) is 0 Å². The summed E-state index contributed by atoms with van der Waals surface area (Å²) in [5, 5.41) is 18.3. The van der Waals surface area contributed by atoms with E-state index in [0.29, 0.717) is 13.0 Å². The Morgan fingerprint density at radius 3 is 2.38 bits per heavy atom. The van der Waals surface area contributed by atoms with Gasteiger partial charge in [-0.1, -0.05) is 18.2 Å². The number of ether oxygens (including phenoxy) is 1. The summed E-state index contributed by atoms with van der Waals surface area (Å²) in [6.07, 6.45) is 6.34. The van der Waals surface area contributed by atoms with E-state index in [-0.39, 0.29) is 13.2 Å². The minimum atomic E-state index is -0.902. The lowest BCUT2D eigenvalue weighted by Gasteiger charge is -2.24. The highest BCUT2D eigenvalue weighted by molar-refractivity contribution is 5.27. The maximum atomic E-state index is 9.15. The summed E-state index contributed by atoms with van der Waals surface area (Å²) in [7, 11) is 0. The zero-order valence-electron chi connectivity index (χ0n) is 12.6. The Bertz CT molecular complexity index is 399. The normalized spacial score (nSPS) is 11.4. The zero-order chi connectivity index (χ0) is 15.6. The van der Waals surface area contributed by atoms with Crippen LogP contribution in [0.15, 0.2) is 36.9 Å². The molecule has 0 bridgehead atoms. The minimum absolute atomic E-state index is 0.213. The number of nitrogens with two attached hydrogens (primary N) is 1. The Kier molecular flexibility index (Phi) is 8.05. The van der Waals surface area contributed by atoms with Crippen LogP contribution < -0.4 is 10.5 Å². The molecule has 4 nitrogen and oxygen atoms in total. The second-order valence-corrected chi connectivity index (χ2v) is 5.46. The van der Waals surface area contributed by atoms with Crippen LogP contribution in [0.5, 0.6) is 5.75 Å². The predicted molar refractivity (Wildman–Crippen MR) is 85.4 cm³/mol. The summed E-state index contributed by atoms with van der Waals surface area (Å²) in [5.41, 5.74) is 6.06. The largest absolute Gasteiger partial charge is 0.494 e. The molecule has 4 heteroatoms. The van der Waals surface area contributed by atoms with Crippen LogP contribution in [0.25, 0.3) is 0 Å². The molecule has 0 aliphatic carbocycles. The van der Waals surface area contributed by atoms with Gasteiger partial charge < -0.3 is 20.7 Å². The molecule has 0 unspecified atom stereocenters. The summed E-state index contributed by atoms with van der Waals surface area (Å²) < 4.78 is 5.66. The highest BCUT2D eigenvalue weighted by atomic mass is 16.5. The molecule has 0 saturated heterocycles. The molecular formula is C17H27NO3. The molecule has 21 heavy (non-hydrogen) atoms. The van der Waals surface area contributed by atoms with Gasteiger partial charge in [0.15, 0.2) is 0 Å². The molecule has 1 aromatic carbocycles. The van der Waals surface area contributed by atoms with Crippen molar-refractivity contribution in [2.75, 3.05) is 19.8 Å². The lowest BCUT2D eigenvalue weighted by molar-refractivity contribution is 0.115. The summed E-state index contributed by atoms with van der Waals surface area (Å²) in [6.45, 7) is 3.98. The van der Waals surface area contributed by atoms with E-state index < -0.39 is 5.54 Å². The molecule has 0 atom stereocenters. The molecule has 0 fully saturated rings. The van der Waals surface area contributed by atoms with Crippen LogP contribution >= 0.6 is 0 Å². The van der Waals surface area contributed by atoms with Gasteiger partial charge in [0.1, 0.15) is 5.75 Å². The average Bonchev–Trinajstić information content (AvgIpc) is 2.53. The van der Waals surface area contributed by atoms with Gasteiger partial charge in [-0.15, -0.1) is 6.58 Å². The molecule has 0 aromatic heterocycles. The minimum Gasteiger partial charge on any atom is -0.494 e. The predicted octanol–water partition coefficient (Wildman–Crippen LogP) is 2.04. The van der Waals surface area contributed by atoms with Gasteiger partial charge in [-0.2, -0.15) is 0 Å². The fraction of sp³-hybridized carbons (Fsp3) is 0.529. The molecule has 118 valence electrons. The number of aliphatic hydroxyl groups is 2. The van der Waals surface area contributed by atoms with Crippen molar-refractivity contribution in [3.05, 3.63) is 42.5 Å². The number of rotatable bonds is 11. The summed E-state index contributed by atoms with van der Waals surface area (Å²) in [6, 6.07) is 7.88. The number of aliphatic hydroxyl groups excluding tert-OH is 2. The van der Waals surface area contributed by atoms with Crippen LogP contribution in [-0.4, -0.2) is 35.6 Å². The quantitative estimate of drug-likeness (QED) is 0.431. The fourth-order valence-corrected chi connectivity index (χ4v) is 1.93. The lowest BCUT2D eigenvalue weighted by atomic mass is 9.94. The molecule has 0 heterocycles. The fourth-order valence-electron chi connectivity index (χ4n) is 1.93. The van der Waals surface area contributed by atoms with Gasteiger partial charge >= 0.3 is 0 Å². The first-order chi connectivity index (χ1) is 10.1. The Morgan fingerprint density at radius 2 is 1.81 bits per heavy atom. The van der Waals surface area contributed by atoms with Crippen molar-refractivity contribution in [1.82, 2.24) is 0 Å². The van der Waals surface area contributed by atoms with Crippen LogP contribution in [0.1, 0.15) is 31.2 Å². The Hall–Kier alpha value is -1.36. The maximum absolute atomic E-state index is 9.15. The van der Waals surface area contributed by atoms with E-state index in [2.05, 4.69) is 6.58 Å². The first-order valence-corrected chi connectivity index (χ1v) is 7.47. The van der Waals surface area contributed by atoms with Gasteiger partial charge in [0.2, 0.25) is 0 Å². The van der Waals surface area contributed by atoms with Gasteiger partial charge in [0.25, 0.3) is 0 Å². The lowest BCUT2D eigenvalue weighted by Crippen LogP contribution is -2.47. The van der Waals surface area contributed by atoms with Crippen molar-refractivity contribution in [3.8, 4) is 5.75 Å². The second-order valence-electron chi connectivity index (χ2n) is 5.46. The monoisotopic (exact) mass is 293 g/mol. The van der Waals surface area contributed by atoms with E-state index in [1.807, 2.05) is 30.3 Å². The van der Waals surface area contributed by atoms with Crippen molar-refractivity contribution in [3.63, 3.8) is 0 Å². The van der Waals surface area contributed by atoms with Gasteiger partial charge in [-0.05, 0) is 49.8 Å². The second kappa shape index (κ2) is 9.55. The van der Waals surface area contributed by atoms with Crippen molar-refractivity contribution in [2.45, 2.75) is 37.6 Å². The zero-order valence-corrected chi connectivity index (χ0v) is 12.6. The number of hydrogen-bond donors (Lipinski definition) is 3. The molecule has 0 saturated carbocycles. The van der Waals surface area contributed by atoms with Crippen LogP contribution in [-0.2, 0) is 6.42 Å². The van der Waals surface area contributed by atoms with Gasteiger partial charge in [0, 0.05) is 0 Å². The highest BCUT2D eigenvalue weighted by Crippen LogP contribution is 2.16. The maximum Gasteiger partial charge on any atom is 0.119 e. The number of hydrogen-bond acceptors (Lipinski definition) is 4. The molecule has 1 aromatic rings. The molecule has 0 radical (unpaired) electrons. The third kappa shape index (κ3) is 6.76. The van der Waals surface area contributed by atoms with Crippen LogP contribution in [0.4, 0.5) is 0 Å².